The summed E-state index contributed by atoms with van der Waals surface area (Å²) in [4.78, 5) is 24.3. The first-order valence-corrected chi connectivity index (χ1v) is 11.8. The van der Waals surface area contributed by atoms with E-state index < -0.39 is 5.91 Å². The van der Waals surface area contributed by atoms with Crippen molar-refractivity contribution < 1.29 is 4.79 Å². The Labute approximate surface area is 196 Å². The zero-order chi connectivity index (χ0) is 22.7. The largest absolute Gasteiger partial charge is 0.382 e. The lowest BCUT2D eigenvalue weighted by molar-refractivity contribution is 0.0998. The van der Waals surface area contributed by atoms with Gasteiger partial charge in [0, 0.05) is 25.4 Å². The molecule has 9 nitrogen and oxygen atoms in total. The number of carbonyl (C=O) groups excluding carboxylic acids is 1. The average molecular weight is 475 g/mol. The molecule has 0 unspecified atom stereocenters. The molecule has 11 heteroatoms. The predicted octanol–water partition coefficient (Wildman–Crippen LogP) is 2.02. The maximum absolute atomic E-state index is 12.5. The number of nitrogen functional groups attached to an aromatic ring is 2. The molecule has 4 rings (SSSR count). The number of amides is 1. The second-order valence-corrected chi connectivity index (χ2v) is 9.70. The van der Waals surface area contributed by atoms with Gasteiger partial charge in [-0.3, -0.25) is 9.10 Å². The number of nitrogens with zero attached hydrogens (tertiary/aromatic N) is 4. The number of nitrogens with two attached hydrogens (primary N) is 2. The third kappa shape index (κ3) is 5.25. The summed E-state index contributed by atoms with van der Waals surface area (Å²) in [6, 6.07) is 8.73. The summed E-state index contributed by atoms with van der Waals surface area (Å²) in [7, 11) is 0. The number of halogens is 1. The summed E-state index contributed by atoms with van der Waals surface area (Å²) >= 11 is 7.76. The summed E-state index contributed by atoms with van der Waals surface area (Å²) in [5.74, 6) is 0.755. The summed E-state index contributed by atoms with van der Waals surface area (Å²) < 4.78 is 2.42. The third-order valence-corrected chi connectivity index (χ3v) is 7.16. The van der Waals surface area contributed by atoms with Crippen LogP contribution >= 0.6 is 23.5 Å². The number of aromatic nitrogens is 2. The van der Waals surface area contributed by atoms with Gasteiger partial charge >= 0.3 is 5.91 Å². The van der Waals surface area contributed by atoms with Gasteiger partial charge in [0.25, 0.3) is 0 Å². The monoisotopic (exact) mass is 474 g/mol. The molecule has 1 aromatic heterocycles. The molecular formula is C21H27ClN8OS. The Bertz CT molecular complexity index is 1020. The van der Waals surface area contributed by atoms with Crippen molar-refractivity contribution in [1.29, 1.82) is 0 Å². The Balaban J connectivity index is 1.27. The van der Waals surface area contributed by atoms with Gasteiger partial charge in [0.1, 0.15) is 0 Å². The second-order valence-electron chi connectivity index (χ2n) is 8.16. The van der Waals surface area contributed by atoms with E-state index >= 15 is 0 Å². The number of hydrogen-bond donors (Lipinski definition) is 4. The Morgan fingerprint density at radius 1 is 1.22 bits per heavy atom. The van der Waals surface area contributed by atoms with Crippen LogP contribution in [0.3, 0.4) is 0 Å². The second kappa shape index (κ2) is 9.51. The van der Waals surface area contributed by atoms with Crippen molar-refractivity contribution >= 4 is 47.1 Å². The van der Waals surface area contributed by atoms with Gasteiger partial charge in [0.15, 0.2) is 28.4 Å². The minimum absolute atomic E-state index is 0.0204. The SMILES string of the molecule is Cc1ccc(CCSN2CCC3(CC2)CN/C(=N\C(=O)c2nc(Cl)c(N)nc2N)N3)cc1. The maximum atomic E-state index is 12.5. The van der Waals surface area contributed by atoms with Crippen molar-refractivity contribution in [3.05, 3.63) is 46.2 Å². The first kappa shape index (κ1) is 22.6. The van der Waals surface area contributed by atoms with Crippen molar-refractivity contribution in [3.8, 4) is 0 Å². The Kier molecular flexibility index (Phi) is 6.73. The number of hydrogen-bond acceptors (Lipinski definition) is 7. The summed E-state index contributed by atoms with van der Waals surface area (Å²) in [5.41, 5.74) is 13.8. The molecule has 2 aliphatic heterocycles. The van der Waals surface area contributed by atoms with Crippen molar-refractivity contribution in [2.75, 3.05) is 36.9 Å². The highest BCUT2D eigenvalue weighted by Crippen LogP contribution is 2.28. The first-order valence-electron chi connectivity index (χ1n) is 10.5. The van der Waals surface area contributed by atoms with Crippen molar-refractivity contribution in [2.24, 2.45) is 4.99 Å². The van der Waals surface area contributed by atoms with E-state index in [0.717, 1.165) is 38.1 Å². The number of piperidine rings is 1. The number of anilines is 2. The van der Waals surface area contributed by atoms with Gasteiger partial charge in [0.05, 0.1) is 5.54 Å². The molecule has 0 aliphatic carbocycles. The van der Waals surface area contributed by atoms with E-state index in [1.807, 2.05) is 11.9 Å². The lowest BCUT2D eigenvalue weighted by Gasteiger charge is -2.38. The van der Waals surface area contributed by atoms with Crippen LogP contribution in [0.5, 0.6) is 0 Å². The molecule has 0 atom stereocenters. The van der Waals surface area contributed by atoms with E-state index in [2.05, 4.69) is 61.1 Å². The quantitative estimate of drug-likeness (QED) is 0.480. The molecule has 2 fully saturated rings. The molecule has 1 amide bonds. The lowest BCUT2D eigenvalue weighted by atomic mass is 9.90. The Morgan fingerprint density at radius 2 is 1.94 bits per heavy atom. The Hall–Kier alpha value is -2.56. The fraction of sp³-hybridized carbons (Fsp3) is 0.429. The van der Waals surface area contributed by atoms with E-state index in [0.29, 0.717) is 12.5 Å². The van der Waals surface area contributed by atoms with Gasteiger partial charge in [-0.1, -0.05) is 53.4 Å². The molecule has 170 valence electrons. The zero-order valence-electron chi connectivity index (χ0n) is 17.9. The number of carbonyl (C=O) groups is 1. The normalized spacial score (nSPS) is 19.1. The molecule has 0 bridgehead atoms. The van der Waals surface area contributed by atoms with Crippen LogP contribution in [0.4, 0.5) is 11.6 Å². The van der Waals surface area contributed by atoms with Crippen molar-refractivity contribution in [2.45, 2.75) is 31.7 Å². The van der Waals surface area contributed by atoms with Crippen LogP contribution in [0.1, 0.15) is 34.5 Å². The predicted molar refractivity (Wildman–Crippen MR) is 130 cm³/mol. The minimum atomic E-state index is -0.618. The highest BCUT2D eigenvalue weighted by atomic mass is 35.5. The molecule has 3 heterocycles. The summed E-state index contributed by atoms with van der Waals surface area (Å²) in [5, 5.41) is 6.52. The van der Waals surface area contributed by atoms with Crippen LogP contribution in [-0.4, -0.2) is 57.1 Å². The van der Waals surface area contributed by atoms with Crippen LogP contribution in [0, 0.1) is 6.92 Å². The van der Waals surface area contributed by atoms with Crippen LogP contribution in [-0.2, 0) is 6.42 Å². The minimum Gasteiger partial charge on any atom is -0.382 e. The third-order valence-electron chi connectivity index (χ3n) is 5.76. The molecule has 6 N–H and O–H groups in total. The molecule has 1 spiro atoms. The standard InChI is InChI=1S/C21H27ClN8OS/c1-13-2-4-14(5-3-13)6-11-32-30-9-7-21(8-10-30)12-25-20(29-21)28-19(31)15-17(23)27-18(24)16(22)26-15/h2-5H,6-12H2,1H3,(H4,23,24,27)(H2,25,28,29,31). The van der Waals surface area contributed by atoms with Crippen molar-refractivity contribution in [1.82, 2.24) is 24.9 Å². The van der Waals surface area contributed by atoms with Gasteiger partial charge < -0.3 is 22.1 Å². The van der Waals surface area contributed by atoms with Crippen LogP contribution in [0.15, 0.2) is 29.3 Å². The molecule has 0 saturated carbocycles. The van der Waals surface area contributed by atoms with E-state index in [1.165, 1.54) is 11.1 Å². The molecule has 2 aromatic rings. The van der Waals surface area contributed by atoms with E-state index in [4.69, 9.17) is 23.1 Å². The highest BCUT2D eigenvalue weighted by Gasteiger charge is 2.40. The first-order chi connectivity index (χ1) is 15.3. The average Bonchev–Trinajstić information content (AvgIpc) is 3.15. The van der Waals surface area contributed by atoms with Crippen molar-refractivity contribution in [3.63, 3.8) is 0 Å². The van der Waals surface area contributed by atoms with Crippen LogP contribution < -0.4 is 22.1 Å². The van der Waals surface area contributed by atoms with Gasteiger partial charge in [-0.2, -0.15) is 4.99 Å². The fourth-order valence-corrected chi connectivity index (χ4v) is 4.96. The lowest BCUT2D eigenvalue weighted by Crippen LogP contribution is -2.51. The number of benzene rings is 1. The topological polar surface area (TPSA) is 135 Å². The maximum Gasteiger partial charge on any atom is 0.302 e. The zero-order valence-corrected chi connectivity index (χ0v) is 19.5. The van der Waals surface area contributed by atoms with E-state index in [9.17, 15) is 4.79 Å². The number of guanidine groups is 1. The molecule has 0 radical (unpaired) electrons. The number of rotatable bonds is 5. The molecule has 2 aliphatic rings. The molecule has 32 heavy (non-hydrogen) atoms. The Morgan fingerprint density at radius 3 is 2.66 bits per heavy atom. The van der Waals surface area contributed by atoms with Crippen LogP contribution in [0.25, 0.3) is 0 Å². The number of aryl methyl sites for hydroxylation is 2. The summed E-state index contributed by atoms with van der Waals surface area (Å²) in [6.07, 6.45) is 2.98. The number of aliphatic imine (C=N–C) groups is 1. The number of nitrogens with one attached hydrogen (secondary N) is 2. The molecule has 1 aromatic carbocycles. The smallest absolute Gasteiger partial charge is 0.302 e. The molecule has 2 saturated heterocycles. The van der Waals surface area contributed by atoms with Gasteiger partial charge in [-0.15, -0.1) is 0 Å². The van der Waals surface area contributed by atoms with Crippen LogP contribution in [0.2, 0.25) is 5.15 Å². The van der Waals surface area contributed by atoms with Gasteiger partial charge in [0.2, 0.25) is 0 Å². The highest BCUT2D eigenvalue weighted by molar-refractivity contribution is 7.97. The van der Waals surface area contributed by atoms with E-state index in [-0.39, 0.29) is 28.0 Å². The summed E-state index contributed by atoms with van der Waals surface area (Å²) in [6.45, 7) is 4.77. The molecular weight excluding hydrogens is 448 g/mol. The van der Waals surface area contributed by atoms with Gasteiger partial charge in [-0.25, -0.2) is 9.97 Å². The van der Waals surface area contributed by atoms with Gasteiger partial charge in [-0.05, 0) is 31.7 Å². The fourth-order valence-electron chi connectivity index (χ4n) is 3.81. The van der Waals surface area contributed by atoms with E-state index in [1.54, 1.807) is 0 Å².